The fourth-order valence-corrected chi connectivity index (χ4v) is 1.13. The molecule has 1 rings (SSSR count). The fraction of sp³-hybridized carbons (Fsp3) is 0.300. The number of halogens is 6. The molecule has 0 bridgehead atoms. The second kappa shape index (κ2) is 4.87. The lowest BCUT2D eigenvalue weighted by atomic mass is 10.1. The van der Waals surface area contributed by atoms with E-state index in [-0.39, 0.29) is 0 Å². The van der Waals surface area contributed by atoms with E-state index in [0.717, 1.165) is 12.1 Å². The molecule has 8 heteroatoms. The third-order valence-corrected chi connectivity index (χ3v) is 1.86. The predicted molar refractivity (Wildman–Crippen MR) is 47.4 cm³/mol. The maximum atomic E-state index is 12.5. The summed E-state index contributed by atoms with van der Waals surface area (Å²) in [7, 11) is 0. The maximum absolute atomic E-state index is 12.5. The molecule has 2 nitrogen and oxygen atoms in total. The number of hydrogen-bond donors (Lipinski definition) is 0. The Balaban J connectivity index is 2.99. The lowest BCUT2D eigenvalue weighted by Crippen LogP contribution is -2.32. The van der Waals surface area contributed by atoms with Crippen LogP contribution in [0, 0.1) is 0 Å². The van der Waals surface area contributed by atoms with Gasteiger partial charge < -0.3 is 4.74 Å². The van der Waals surface area contributed by atoms with Gasteiger partial charge in [-0.15, -0.1) is 0 Å². The van der Waals surface area contributed by atoms with Crippen LogP contribution in [0.25, 0.3) is 0 Å². The Morgan fingerprint density at radius 2 is 1.50 bits per heavy atom. The smallest absolute Gasteiger partial charge is 0.441 e. The number of esters is 1. The largest absolute Gasteiger partial charge is 0.490 e. The average molecular weight is 272 g/mol. The van der Waals surface area contributed by atoms with E-state index in [9.17, 15) is 31.1 Å². The molecule has 0 N–H and O–H groups in total. The van der Waals surface area contributed by atoms with Gasteiger partial charge in [0.2, 0.25) is 6.10 Å². The highest BCUT2D eigenvalue weighted by Crippen LogP contribution is 2.37. The van der Waals surface area contributed by atoms with Crippen LogP contribution in [0.5, 0.6) is 0 Å². The van der Waals surface area contributed by atoms with Crippen molar-refractivity contribution in [1.82, 2.24) is 0 Å². The number of alkyl halides is 6. The molecule has 0 heterocycles. The molecule has 1 atom stereocenters. The Hall–Kier alpha value is -1.73. The molecule has 0 aliphatic heterocycles. The Kier molecular flexibility index (Phi) is 3.88. The van der Waals surface area contributed by atoms with Gasteiger partial charge in [0, 0.05) is 5.56 Å². The summed E-state index contributed by atoms with van der Waals surface area (Å²) in [5, 5.41) is 0. The minimum atomic E-state index is -5.47. The van der Waals surface area contributed by atoms with Crippen molar-refractivity contribution in [3.05, 3.63) is 35.9 Å². The number of benzene rings is 1. The number of carbonyl (C=O) groups is 1. The fourth-order valence-electron chi connectivity index (χ4n) is 1.13. The van der Waals surface area contributed by atoms with Gasteiger partial charge in [0.25, 0.3) is 0 Å². The summed E-state index contributed by atoms with van der Waals surface area (Å²) in [4.78, 5) is 10.4. The molecule has 0 saturated heterocycles. The van der Waals surface area contributed by atoms with Gasteiger partial charge in [0.15, 0.2) is 0 Å². The molecule has 0 aliphatic carbocycles. The number of ether oxygens (including phenoxy) is 1. The monoisotopic (exact) mass is 272 g/mol. The molecule has 0 saturated carbocycles. The zero-order valence-electron chi connectivity index (χ0n) is 8.55. The van der Waals surface area contributed by atoms with Gasteiger partial charge in [0.05, 0.1) is 0 Å². The van der Waals surface area contributed by atoms with E-state index in [0.29, 0.717) is 0 Å². The van der Waals surface area contributed by atoms with Crippen LogP contribution in [-0.2, 0) is 9.53 Å². The van der Waals surface area contributed by atoms with Crippen LogP contribution < -0.4 is 0 Å². The first kappa shape index (κ1) is 14.3. The van der Waals surface area contributed by atoms with Crippen molar-refractivity contribution >= 4 is 5.97 Å². The van der Waals surface area contributed by atoms with Gasteiger partial charge in [0.1, 0.15) is 0 Å². The summed E-state index contributed by atoms with van der Waals surface area (Å²) in [6.45, 7) is 0. The summed E-state index contributed by atoms with van der Waals surface area (Å²) < 4.78 is 76.6. The third-order valence-electron chi connectivity index (χ3n) is 1.86. The molecule has 1 aromatic rings. The van der Waals surface area contributed by atoms with Crippen LogP contribution in [0.3, 0.4) is 0 Å². The molecule has 0 spiro atoms. The highest BCUT2D eigenvalue weighted by molar-refractivity contribution is 5.76. The molecule has 0 amide bonds. The van der Waals surface area contributed by atoms with Crippen molar-refractivity contribution in [3.63, 3.8) is 0 Å². The SMILES string of the molecule is O=C(OC(c1ccccc1)C(F)(F)F)C(F)(F)F. The van der Waals surface area contributed by atoms with Crippen molar-refractivity contribution in [2.75, 3.05) is 0 Å². The summed E-state index contributed by atoms with van der Waals surface area (Å²) in [5.74, 6) is -2.88. The molecular formula is C10H6F6O2. The van der Waals surface area contributed by atoms with Crippen LogP contribution in [0.15, 0.2) is 30.3 Å². The highest BCUT2D eigenvalue weighted by atomic mass is 19.4. The number of carbonyl (C=O) groups excluding carboxylic acids is 1. The van der Waals surface area contributed by atoms with Gasteiger partial charge in [-0.2, -0.15) is 26.3 Å². The normalized spacial score (nSPS) is 14.1. The summed E-state index contributed by atoms with van der Waals surface area (Å²) in [6, 6.07) is 5.59. The zero-order chi connectivity index (χ0) is 14.0. The van der Waals surface area contributed by atoms with Gasteiger partial charge in [-0.1, -0.05) is 30.3 Å². The van der Waals surface area contributed by atoms with E-state index in [4.69, 9.17) is 0 Å². The molecule has 0 aliphatic rings. The molecule has 0 radical (unpaired) electrons. The quantitative estimate of drug-likeness (QED) is 0.609. The molecule has 1 unspecified atom stereocenters. The van der Waals surface area contributed by atoms with E-state index in [2.05, 4.69) is 4.74 Å². The van der Waals surface area contributed by atoms with Crippen molar-refractivity contribution in [2.24, 2.45) is 0 Å². The second-order valence-corrected chi connectivity index (χ2v) is 3.24. The average Bonchev–Trinajstić information content (AvgIpc) is 2.23. The van der Waals surface area contributed by atoms with E-state index >= 15 is 0 Å². The van der Waals surface area contributed by atoms with Gasteiger partial charge in [-0.25, -0.2) is 4.79 Å². The topological polar surface area (TPSA) is 26.3 Å². The lowest BCUT2D eigenvalue weighted by Gasteiger charge is -2.21. The first-order valence-corrected chi connectivity index (χ1v) is 4.52. The van der Waals surface area contributed by atoms with Crippen LogP contribution in [0.2, 0.25) is 0 Å². The zero-order valence-corrected chi connectivity index (χ0v) is 8.55. The standard InChI is InChI=1S/C10H6F6O2/c11-9(12,13)7(6-4-2-1-3-5-6)18-8(17)10(14,15)16/h1-5,7H. The Morgan fingerprint density at radius 1 is 1.00 bits per heavy atom. The first-order chi connectivity index (χ1) is 8.12. The van der Waals surface area contributed by atoms with E-state index in [1.807, 2.05) is 0 Å². The Morgan fingerprint density at radius 3 is 1.89 bits per heavy atom. The van der Waals surface area contributed by atoms with Crippen LogP contribution in [0.4, 0.5) is 26.3 Å². The number of hydrogen-bond acceptors (Lipinski definition) is 2. The number of rotatable bonds is 2. The molecule has 1 aromatic carbocycles. The van der Waals surface area contributed by atoms with Crippen molar-refractivity contribution in [3.8, 4) is 0 Å². The van der Waals surface area contributed by atoms with Crippen LogP contribution in [-0.4, -0.2) is 18.3 Å². The molecule has 18 heavy (non-hydrogen) atoms. The predicted octanol–water partition coefficient (Wildman–Crippen LogP) is 3.40. The van der Waals surface area contributed by atoms with E-state index in [1.54, 1.807) is 0 Å². The summed E-state index contributed by atoms with van der Waals surface area (Å²) in [6.07, 6.45) is -13.5. The van der Waals surface area contributed by atoms with Gasteiger partial charge in [-0.3, -0.25) is 0 Å². The molecule has 0 fully saturated rings. The molecule has 100 valence electrons. The maximum Gasteiger partial charge on any atom is 0.490 e. The summed E-state index contributed by atoms with van der Waals surface area (Å²) >= 11 is 0. The second-order valence-electron chi connectivity index (χ2n) is 3.24. The Bertz CT molecular complexity index is 409. The summed E-state index contributed by atoms with van der Waals surface area (Å²) in [5.41, 5.74) is -0.581. The van der Waals surface area contributed by atoms with E-state index < -0.39 is 30.0 Å². The van der Waals surface area contributed by atoms with Crippen LogP contribution >= 0.6 is 0 Å². The van der Waals surface area contributed by atoms with Crippen molar-refractivity contribution < 1.29 is 35.9 Å². The minimum Gasteiger partial charge on any atom is -0.441 e. The third kappa shape index (κ3) is 3.64. The van der Waals surface area contributed by atoms with Crippen LogP contribution in [0.1, 0.15) is 11.7 Å². The first-order valence-electron chi connectivity index (χ1n) is 4.52. The lowest BCUT2D eigenvalue weighted by molar-refractivity contribution is -0.247. The van der Waals surface area contributed by atoms with Gasteiger partial charge >= 0.3 is 18.3 Å². The molecule has 0 aromatic heterocycles. The van der Waals surface area contributed by atoms with Gasteiger partial charge in [-0.05, 0) is 0 Å². The van der Waals surface area contributed by atoms with E-state index in [1.165, 1.54) is 18.2 Å². The molecular weight excluding hydrogens is 266 g/mol. The Labute approximate surface area is 97.2 Å². The highest BCUT2D eigenvalue weighted by Gasteiger charge is 2.49. The minimum absolute atomic E-state index is 0.581. The van der Waals surface area contributed by atoms with Crippen molar-refractivity contribution in [2.45, 2.75) is 18.5 Å². The van der Waals surface area contributed by atoms with Crippen molar-refractivity contribution in [1.29, 1.82) is 0 Å².